The zero-order valence-corrected chi connectivity index (χ0v) is 11.1. The second-order valence-electron chi connectivity index (χ2n) is 4.53. The molecule has 0 radical (unpaired) electrons. The van der Waals surface area contributed by atoms with Crippen LogP contribution in [0.25, 0.3) is 0 Å². The second kappa shape index (κ2) is 5.47. The van der Waals surface area contributed by atoms with E-state index in [1.807, 2.05) is 0 Å². The number of nitrogen functional groups attached to an aromatic ring is 1. The van der Waals surface area contributed by atoms with Gasteiger partial charge in [-0.05, 0) is 12.1 Å². The van der Waals surface area contributed by atoms with E-state index in [9.17, 15) is 18.0 Å². The molecule has 1 heterocycles. The number of H-pyrrole nitrogens is 1. The Labute approximate surface area is 118 Å². The van der Waals surface area contributed by atoms with E-state index >= 15 is 0 Å². The van der Waals surface area contributed by atoms with Crippen molar-refractivity contribution in [1.82, 2.24) is 15.1 Å². The summed E-state index contributed by atoms with van der Waals surface area (Å²) in [5, 5.41) is 6.33. The van der Waals surface area contributed by atoms with E-state index in [1.54, 1.807) is 6.20 Å². The number of nitrogens with zero attached hydrogens (tertiary/aromatic N) is 2. The van der Waals surface area contributed by atoms with Gasteiger partial charge >= 0.3 is 6.18 Å². The summed E-state index contributed by atoms with van der Waals surface area (Å²) in [6, 6.07) is 3.29. The van der Waals surface area contributed by atoms with Crippen LogP contribution in [0.2, 0.25) is 0 Å². The van der Waals surface area contributed by atoms with E-state index in [4.69, 9.17) is 5.73 Å². The zero-order chi connectivity index (χ0) is 15.6. The van der Waals surface area contributed by atoms with Crippen molar-refractivity contribution < 1.29 is 18.0 Å². The van der Waals surface area contributed by atoms with Crippen LogP contribution in [0.1, 0.15) is 21.5 Å². The summed E-state index contributed by atoms with van der Waals surface area (Å²) in [6.07, 6.45) is -1.47. The Bertz CT molecular complexity index is 637. The Morgan fingerprint density at radius 1 is 1.43 bits per heavy atom. The number of para-hydroxylation sites is 1. The molecule has 0 saturated heterocycles. The van der Waals surface area contributed by atoms with E-state index in [2.05, 4.69) is 10.2 Å². The van der Waals surface area contributed by atoms with E-state index in [0.29, 0.717) is 0 Å². The Hall–Kier alpha value is -2.51. The summed E-state index contributed by atoms with van der Waals surface area (Å²) < 4.78 is 38.3. The lowest BCUT2D eigenvalue weighted by atomic mass is 10.1. The highest BCUT2D eigenvalue weighted by atomic mass is 19.4. The minimum atomic E-state index is -4.59. The highest BCUT2D eigenvalue weighted by molar-refractivity contribution is 5.99. The second-order valence-corrected chi connectivity index (χ2v) is 4.53. The summed E-state index contributed by atoms with van der Waals surface area (Å²) in [7, 11) is 1.48. The van der Waals surface area contributed by atoms with Gasteiger partial charge in [-0.2, -0.15) is 18.3 Å². The quantitative estimate of drug-likeness (QED) is 0.854. The van der Waals surface area contributed by atoms with Crippen molar-refractivity contribution in [2.75, 3.05) is 12.8 Å². The van der Waals surface area contributed by atoms with Crippen LogP contribution in [-0.2, 0) is 12.7 Å². The predicted molar refractivity (Wildman–Crippen MR) is 70.2 cm³/mol. The number of hydrogen-bond acceptors (Lipinski definition) is 3. The molecule has 2 aromatic rings. The lowest BCUT2D eigenvalue weighted by molar-refractivity contribution is -0.136. The third-order valence-electron chi connectivity index (χ3n) is 2.96. The Balaban J connectivity index is 2.27. The highest BCUT2D eigenvalue weighted by Gasteiger charge is 2.34. The number of carbonyl (C=O) groups is 1. The molecule has 0 atom stereocenters. The van der Waals surface area contributed by atoms with Crippen LogP contribution in [-0.4, -0.2) is 28.1 Å². The standard InChI is InChI=1S/C13H13F3N4O/c1-20(7-8-5-18-19-6-8)12(21)9-3-2-4-10(11(9)17)13(14,15)16/h2-6H,7,17H2,1H3,(H,18,19). The first-order chi connectivity index (χ1) is 9.80. The molecule has 0 aliphatic rings. The van der Waals surface area contributed by atoms with Gasteiger partial charge in [0.2, 0.25) is 0 Å². The molecule has 0 aliphatic heterocycles. The summed E-state index contributed by atoms with van der Waals surface area (Å²) in [6.45, 7) is 0.213. The van der Waals surface area contributed by atoms with Gasteiger partial charge in [0.25, 0.3) is 5.91 Å². The van der Waals surface area contributed by atoms with Crippen molar-refractivity contribution in [3.8, 4) is 0 Å². The van der Waals surface area contributed by atoms with Crippen LogP contribution in [0.3, 0.4) is 0 Å². The van der Waals surface area contributed by atoms with Gasteiger partial charge < -0.3 is 10.6 Å². The van der Waals surface area contributed by atoms with Gasteiger partial charge in [0.1, 0.15) is 0 Å². The number of nitrogens with one attached hydrogen (secondary N) is 1. The van der Waals surface area contributed by atoms with Gasteiger partial charge in [-0.1, -0.05) is 6.07 Å². The molecule has 0 spiro atoms. The highest BCUT2D eigenvalue weighted by Crippen LogP contribution is 2.35. The van der Waals surface area contributed by atoms with E-state index < -0.39 is 23.3 Å². The van der Waals surface area contributed by atoms with E-state index in [1.165, 1.54) is 24.2 Å². The SMILES string of the molecule is CN(Cc1cn[nH]c1)C(=O)c1cccc(C(F)(F)F)c1N. The number of halogens is 3. The van der Waals surface area contributed by atoms with Gasteiger partial charge in [0.05, 0.1) is 23.0 Å². The van der Waals surface area contributed by atoms with Gasteiger partial charge in [-0.3, -0.25) is 9.89 Å². The van der Waals surface area contributed by atoms with Gasteiger partial charge in [0, 0.05) is 25.4 Å². The fourth-order valence-electron chi connectivity index (χ4n) is 1.91. The molecule has 3 N–H and O–H groups in total. The first kappa shape index (κ1) is 14.9. The van der Waals surface area contributed by atoms with Crippen LogP contribution in [0, 0.1) is 0 Å². The monoisotopic (exact) mass is 298 g/mol. The van der Waals surface area contributed by atoms with Crippen LogP contribution >= 0.6 is 0 Å². The molecule has 0 fully saturated rings. The minimum absolute atomic E-state index is 0.171. The molecule has 0 saturated carbocycles. The Morgan fingerprint density at radius 2 is 2.14 bits per heavy atom. The normalized spacial score (nSPS) is 11.4. The lowest BCUT2D eigenvalue weighted by Gasteiger charge is -2.19. The first-order valence-corrected chi connectivity index (χ1v) is 5.99. The Kier molecular flexibility index (Phi) is 3.88. The first-order valence-electron chi connectivity index (χ1n) is 5.99. The van der Waals surface area contributed by atoms with E-state index in [0.717, 1.165) is 17.7 Å². The molecule has 1 amide bonds. The number of alkyl halides is 3. The molecule has 1 aromatic heterocycles. The molecule has 0 unspecified atom stereocenters. The van der Waals surface area contributed by atoms with Crippen LogP contribution in [0.5, 0.6) is 0 Å². The summed E-state index contributed by atoms with van der Waals surface area (Å²) in [4.78, 5) is 13.5. The van der Waals surface area contributed by atoms with Gasteiger partial charge in [-0.15, -0.1) is 0 Å². The number of aromatic nitrogens is 2. The van der Waals surface area contributed by atoms with Crippen molar-refractivity contribution in [3.63, 3.8) is 0 Å². The number of nitrogens with two attached hydrogens (primary N) is 1. The molecular weight excluding hydrogens is 285 g/mol. The summed E-state index contributed by atoms with van der Waals surface area (Å²) >= 11 is 0. The lowest BCUT2D eigenvalue weighted by Crippen LogP contribution is -2.27. The number of benzene rings is 1. The average Bonchev–Trinajstić information content (AvgIpc) is 2.89. The topological polar surface area (TPSA) is 75.0 Å². The molecule has 0 bridgehead atoms. The van der Waals surface area contributed by atoms with Crippen molar-refractivity contribution >= 4 is 11.6 Å². The fraction of sp³-hybridized carbons (Fsp3) is 0.231. The molecule has 2 rings (SSSR count). The molecule has 1 aromatic carbocycles. The maximum absolute atomic E-state index is 12.8. The third-order valence-corrected chi connectivity index (χ3v) is 2.96. The van der Waals surface area contributed by atoms with Crippen LogP contribution in [0.4, 0.5) is 18.9 Å². The number of rotatable bonds is 3. The molecule has 0 aliphatic carbocycles. The summed E-state index contributed by atoms with van der Waals surface area (Å²) in [5.74, 6) is -0.584. The van der Waals surface area contributed by atoms with Crippen molar-refractivity contribution in [3.05, 3.63) is 47.3 Å². The smallest absolute Gasteiger partial charge is 0.398 e. The van der Waals surface area contributed by atoms with Crippen LogP contribution < -0.4 is 5.73 Å². The molecule has 8 heteroatoms. The van der Waals surface area contributed by atoms with Gasteiger partial charge in [0.15, 0.2) is 0 Å². The largest absolute Gasteiger partial charge is 0.418 e. The maximum Gasteiger partial charge on any atom is 0.418 e. The predicted octanol–water partition coefficient (Wildman–Crippen LogP) is 2.28. The number of amides is 1. The van der Waals surface area contributed by atoms with Crippen molar-refractivity contribution in [2.45, 2.75) is 12.7 Å². The average molecular weight is 298 g/mol. The van der Waals surface area contributed by atoms with Crippen LogP contribution in [0.15, 0.2) is 30.6 Å². The van der Waals surface area contributed by atoms with Crippen molar-refractivity contribution in [1.29, 1.82) is 0 Å². The fourth-order valence-corrected chi connectivity index (χ4v) is 1.91. The molecule has 5 nitrogen and oxygen atoms in total. The Morgan fingerprint density at radius 3 is 2.71 bits per heavy atom. The van der Waals surface area contributed by atoms with Crippen molar-refractivity contribution in [2.24, 2.45) is 0 Å². The van der Waals surface area contributed by atoms with E-state index in [-0.39, 0.29) is 12.1 Å². The minimum Gasteiger partial charge on any atom is -0.398 e. The zero-order valence-electron chi connectivity index (χ0n) is 11.1. The molecule has 21 heavy (non-hydrogen) atoms. The molecule has 112 valence electrons. The maximum atomic E-state index is 12.8. The molecular formula is C13H13F3N4O. The van der Waals surface area contributed by atoms with Gasteiger partial charge in [-0.25, -0.2) is 0 Å². The summed E-state index contributed by atoms with van der Waals surface area (Å²) in [5.41, 5.74) is 4.49. The number of anilines is 1. The number of hydrogen-bond donors (Lipinski definition) is 2. The number of carbonyl (C=O) groups excluding carboxylic acids is 1. The third kappa shape index (κ3) is 3.15. The number of aromatic amines is 1.